The van der Waals surface area contributed by atoms with Crippen LogP contribution in [0.3, 0.4) is 0 Å². The number of hydrogen-bond donors (Lipinski definition) is 0. The maximum Gasteiger partial charge on any atom is 1.00 e. The van der Waals surface area contributed by atoms with Crippen molar-refractivity contribution in [2.75, 3.05) is 0 Å². The average molecular weight is 443 g/mol. The molecule has 0 rings (SSSR count). The number of unbranched alkanes of at least 4 members (excludes halogenated alkanes) is 15. The van der Waals surface area contributed by atoms with E-state index in [0.29, 0.717) is 0 Å². The van der Waals surface area contributed by atoms with Crippen molar-refractivity contribution < 1.29 is 32.3 Å². The topological polar surface area (TPSA) is 40.1 Å². The van der Waals surface area contributed by atoms with E-state index in [0.717, 1.165) is 32.1 Å². The number of carboxylic acid groups (broad SMARTS) is 1. The SMILES string of the molecule is CCCCCCCCC#CCCCCCCCCCCCC(=O)[O-].[Ag+]. The first-order valence-electron chi connectivity index (χ1n) is 10.4. The summed E-state index contributed by atoms with van der Waals surface area (Å²) in [6.07, 6.45) is 21.2. The molecule has 0 aliphatic rings. The standard InChI is InChI=1S/C22H40O2.Ag/c1-2-3-4-5-6-7-8-9-10-11-12-13-14-15-16-17-18-19-20-21-22(23)24;/h2-8,11-21H2,1H3,(H,23,24);/q;+1/p-1. The van der Waals surface area contributed by atoms with Crippen molar-refractivity contribution in [2.45, 2.75) is 122 Å². The van der Waals surface area contributed by atoms with Crippen LogP contribution in [0.2, 0.25) is 0 Å². The minimum absolute atomic E-state index is 0. The summed E-state index contributed by atoms with van der Waals surface area (Å²) in [5, 5.41) is 10.3. The largest absolute Gasteiger partial charge is 1.00 e. The molecule has 0 heterocycles. The molecule has 0 aliphatic heterocycles. The van der Waals surface area contributed by atoms with E-state index in [9.17, 15) is 9.90 Å². The van der Waals surface area contributed by atoms with E-state index >= 15 is 0 Å². The zero-order valence-corrected chi connectivity index (χ0v) is 17.8. The van der Waals surface area contributed by atoms with Gasteiger partial charge in [0.05, 0.1) is 0 Å². The van der Waals surface area contributed by atoms with Gasteiger partial charge in [-0.3, -0.25) is 0 Å². The van der Waals surface area contributed by atoms with Crippen molar-refractivity contribution in [3.63, 3.8) is 0 Å². The van der Waals surface area contributed by atoms with Crippen molar-refractivity contribution in [3.05, 3.63) is 0 Å². The Kier molecular flexibility index (Phi) is 25.7. The Hall–Kier alpha value is -0.230. The fraction of sp³-hybridized carbons (Fsp3) is 0.864. The maximum atomic E-state index is 10.3. The minimum atomic E-state index is -0.912. The van der Waals surface area contributed by atoms with Gasteiger partial charge in [0, 0.05) is 18.8 Å². The summed E-state index contributed by atoms with van der Waals surface area (Å²) in [6.45, 7) is 2.26. The molecule has 3 heteroatoms. The molecule has 150 valence electrons. The van der Waals surface area contributed by atoms with E-state index < -0.39 is 5.97 Å². The molecule has 0 aliphatic carbocycles. The molecular formula is C22H39AgO2. The molecule has 0 bridgehead atoms. The Morgan fingerprint density at radius 1 is 0.640 bits per heavy atom. The van der Waals surface area contributed by atoms with E-state index in [2.05, 4.69) is 18.8 Å². The molecule has 0 spiro atoms. The van der Waals surface area contributed by atoms with Gasteiger partial charge in [-0.2, -0.15) is 0 Å². The normalized spacial score (nSPS) is 9.96. The second-order valence-corrected chi connectivity index (χ2v) is 6.93. The second-order valence-electron chi connectivity index (χ2n) is 6.93. The number of rotatable bonds is 17. The molecule has 25 heavy (non-hydrogen) atoms. The predicted molar refractivity (Wildman–Crippen MR) is 102 cm³/mol. The van der Waals surface area contributed by atoms with Gasteiger partial charge in [-0.15, -0.1) is 11.8 Å². The molecule has 0 amide bonds. The molecule has 0 aromatic rings. The Bertz CT molecular complexity index is 331. The molecule has 0 unspecified atom stereocenters. The molecule has 2 nitrogen and oxygen atoms in total. The van der Waals surface area contributed by atoms with E-state index in [1.807, 2.05) is 0 Å². The molecule has 0 saturated carbocycles. The van der Waals surface area contributed by atoms with Gasteiger partial charge in [-0.25, -0.2) is 0 Å². The summed E-state index contributed by atoms with van der Waals surface area (Å²) >= 11 is 0. The van der Waals surface area contributed by atoms with Gasteiger partial charge in [-0.1, -0.05) is 84.0 Å². The van der Waals surface area contributed by atoms with Crippen LogP contribution in [-0.4, -0.2) is 5.97 Å². The van der Waals surface area contributed by atoms with Crippen LogP contribution in [0.1, 0.15) is 122 Å². The molecule has 0 radical (unpaired) electrons. The van der Waals surface area contributed by atoms with Crippen molar-refractivity contribution >= 4 is 5.97 Å². The van der Waals surface area contributed by atoms with Crippen molar-refractivity contribution in [2.24, 2.45) is 0 Å². The van der Waals surface area contributed by atoms with E-state index in [-0.39, 0.29) is 28.8 Å². The molecule has 0 aromatic carbocycles. The fourth-order valence-electron chi connectivity index (χ4n) is 2.89. The monoisotopic (exact) mass is 442 g/mol. The summed E-state index contributed by atoms with van der Waals surface area (Å²) < 4.78 is 0. The van der Waals surface area contributed by atoms with Crippen LogP contribution in [0.4, 0.5) is 0 Å². The Balaban J connectivity index is 0. The number of carbonyl (C=O) groups is 1. The van der Waals surface area contributed by atoms with Crippen molar-refractivity contribution in [1.82, 2.24) is 0 Å². The Morgan fingerprint density at radius 2 is 1.00 bits per heavy atom. The number of carbonyl (C=O) groups excluding carboxylic acids is 1. The number of aliphatic carboxylic acids is 1. The van der Waals surface area contributed by atoms with Gasteiger partial charge < -0.3 is 9.90 Å². The van der Waals surface area contributed by atoms with Gasteiger partial charge >= 0.3 is 22.4 Å². The summed E-state index contributed by atoms with van der Waals surface area (Å²) in [5.41, 5.74) is 0. The molecule has 0 saturated heterocycles. The Morgan fingerprint density at radius 3 is 1.40 bits per heavy atom. The van der Waals surface area contributed by atoms with Crippen LogP contribution >= 0.6 is 0 Å². The van der Waals surface area contributed by atoms with Gasteiger partial charge in [-0.05, 0) is 25.7 Å². The first-order valence-corrected chi connectivity index (χ1v) is 10.4. The van der Waals surface area contributed by atoms with E-state index in [4.69, 9.17) is 0 Å². The van der Waals surface area contributed by atoms with Gasteiger partial charge in [0.15, 0.2) is 0 Å². The van der Waals surface area contributed by atoms with Gasteiger partial charge in [0.1, 0.15) is 0 Å². The predicted octanol–water partition coefficient (Wildman–Crippen LogP) is 5.78. The summed E-state index contributed by atoms with van der Waals surface area (Å²) in [7, 11) is 0. The molecule has 0 atom stereocenters. The zero-order valence-electron chi connectivity index (χ0n) is 16.3. The fourth-order valence-corrected chi connectivity index (χ4v) is 2.89. The summed E-state index contributed by atoms with van der Waals surface area (Å²) in [4.78, 5) is 10.3. The van der Waals surface area contributed by atoms with Crippen molar-refractivity contribution in [3.8, 4) is 11.8 Å². The summed E-state index contributed by atoms with van der Waals surface area (Å²) in [5.74, 6) is 5.73. The minimum Gasteiger partial charge on any atom is -0.550 e. The van der Waals surface area contributed by atoms with Gasteiger partial charge in [0.25, 0.3) is 0 Å². The van der Waals surface area contributed by atoms with Crippen LogP contribution in [0.5, 0.6) is 0 Å². The molecule has 0 fully saturated rings. The molecular weight excluding hydrogens is 404 g/mol. The maximum absolute atomic E-state index is 10.3. The third-order valence-electron chi connectivity index (χ3n) is 4.46. The van der Waals surface area contributed by atoms with Crippen molar-refractivity contribution in [1.29, 1.82) is 0 Å². The quantitative estimate of drug-likeness (QED) is 0.162. The third kappa shape index (κ3) is 26.1. The average Bonchev–Trinajstić information content (AvgIpc) is 2.56. The molecule has 0 aromatic heterocycles. The smallest absolute Gasteiger partial charge is 0.550 e. The van der Waals surface area contributed by atoms with Crippen LogP contribution in [0.25, 0.3) is 0 Å². The second kappa shape index (κ2) is 23.8. The summed E-state index contributed by atoms with van der Waals surface area (Å²) in [6, 6.07) is 0. The first kappa shape index (κ1) is 27.0. The molecule has 0 N–H and O–H groups in total. The zero-order chi connectivity index (χ0) is 17.7. The number of hydrogen-bond acceptors (Lipinski definition) is 2. The van der Waals surface area contributed by atoms with Crippen LogP contribution < -0.4 is 5.11 Å². The van der Waals surface area contributed by atoms with Crippen LogP contribution in [-0.2, 0) is 27.2 Å². The van der Waals surface area contributed by atoms with E-state index in [1.165, 1.54) is 77.0 Å². The van der Waals surface area contributed by atoms with Crippen LogP contribution in [0.15, 0.2) is 0 Å². The first-order chi connectivity index (χ1) is 11.8. The van der Waals surface area contributed by atoms with Crippen LogP contribution in [0, 0.1) is 11.8 Å². The number of carboxylic acids is 1. The third-order valence-corrected chi connectivity index (χ3v) is 4.46. The van der Waals surface area contributed by atoms with Gasteiger partial charge in [0.2, 0.25) is 0 Å². The van der Waals surface area contributed by atoms with E-state index in [1.54, 1.807) is 0 Å². The Labute approximate surface area is 172 Å².